The van der Waals surface area contributed by atoms with Crippen LogP contribution < -0.4 is 10.6 Å². The van der Waals surface area contributed by atoms with E-state index in [9.17, 15) is 4.79 Å². The van der Waals surface area contributed by atoms with Gasteiger partial charge in [0.25, 0.3) is 0 Å². The summed E-state index contributed by atoms with van der Waals surface area (Å²) >= 11 is 0. The van der Waals surface area contributed by atoms with Gasteiger partial charge < -0.3 is 15.5 Å². The van der Waals surface area contributed by atoms with Crippen LogP contribution in [0.1, 0.15) is 80.4 Å². The van der Waals surface area contributed by atoms with Crippen molar-refractivity contribution >= 4 is 11.6 Å². The van der Waals surface area contributed by atoms with Gasteiger partial charge in [-0.05, 0) is 79.5 Å². The lowest BCUT2D eigenvalue weighted by molar-refractivity contribution is -0.143. The highest BCUT2D eigenvalue weighted by molar-refractivity contribution is 5.82. The zero-order valence-corrected chi connectivity index (χ0v) is 22.0. The average molecular weight is 486 g/mol. The molecular formula is C32H43N3O. The quantitative estimate of drug-likeness (QED) is 0.569. The first kappa shape index (κ1) is 24.0. The molecule has 2 saturated heterocycles. The predicted molar refractivity (Wildman–Crippen MR) is 147 cm³/mol. The van der Waals surface area contributed by atoms with E-state index >= 15 is 0 Å². The molecule has 3 fully saturated rings. The van der Waals surface area contributed by atoms with E-state index in [-0.39, 0.29) is 11.3 Å². The van der Waals surface area contributed by atoms with E-state index in [1.807, 2.05) is 7.05 Å². The molecule has 192 valence electrons. The molecule has 4 atom stereocenters. The van der Waals surface area contributed by atoms with Gasteiger partial charge in [-0.15, -0.1) is 0 Å². The van der Waals surface area contributed by atoms with E-state index in [2.05, 4.69) is 64.1 Å². The Hall–Kier alpha value is -2.33. The summed E-state index contributed by atoms with van der Waals surface area (Å²) in [5, 5.41) is 7.12. The van der Waals surface area contributed by atoms with Gasteiger partial charge >= 0.3 is 0 Å². The van der Waals surface area contributed by atoms with Crippen LogP contribution in [-0.4, -0.2) is 43.5 Å². The van der Waals surface area contributed by atoms with Crippen molar-refractivity contribution in [3.8, 4) is 0 Å². The van der Waals surface area contributed by atoms with Gasteiger partial charge in [-0.3, -0.25) is 4.79 Å². The van der Waals surface area contributed by atoms with E-state index < -0.39 is 0 Å². The van der Waals surface area contributed by atoms with E-state index in [0.29, 0.717) is 23.8 Å². The minimum absolute atomic E-state index is 0.0445. The third-order valence-corrected chi connectivity index (χ3v) is 10.2. The van der Waals surface area contributed by atoms with Crippen LogP contribution in [0.2, 0.25) is 0 Å². The summed E-state index contributed by atoms with van der Waals surface area (Å²) in [4.78, 5) is 17.0. The molecule has 0 bridgehead atoms. The number of amides is 1. The fourth-order valence-electron chi connectivity index (χ4n) is 8.36. The molecule has 0 radical (unpaired) electrons. The molecule has 0 aromatic heterocycles. The fraction of sp³-hybridized carbons (Fsp3) is 0.594. The van der Waals surface area contributed by atoms with Crippen LogP contribution in [-0.2, 0) is 16.6 Å². The molecule has 1 spiro atoms. The largest absolute Gasteiger partial charge is 0.388 e. The van der Waals surface area contributed by atoms with Crippen LogP contribution in [0.15, 0.2) is 48.5 Å². The Balaban J connectivity index is 1.31. The standard InChI is InChI=1S/C32H43N3O/c1-33-29-16-8-15-27-26(29)14-9-18-32(27)22-34-21-28(32)31(36)35-19-17-25(23-10-4-2-5-11-23)20-30(35)24-12-6-3-7-13-24/h2,4-5,8,10-11,15-16,24-25,28,30,33-34H,3,6-7,9,12-14,17-22H2,1H3/t25-,28+,30+,32+/m1/s1. The smallest absolute Gasteiger partial charge is 0.228 e. The summed E-state index contributed by atoms with van der Waals surface area (Å²) in [6.45, 7) is 2.66. The highest BCUT2D eigenvalue weighted by Gasteiger charge is 2.52. The van der Waals surface area contributed by atoms with Gasteiger partial charge in [-0.25, -0.2) is 0 Å². The second kappa shape index (κ2) is 10.2. The number of fused-ring (bicyclic) bond motifs is 2. The van der Waals surface area contributed by atoms with Crippen molar-refractivity contribution < 1.29 is 4.79 Å². The maximum absolute atomic E-state index is 14.6. The molecule has 4 aliphatic rings. The van der Waals surface area contributed by atoms with Crippen LogP contribution in [0.3, 0.4) is 0 Å². The number of carbonyl (C=O) groups is 1. The first-order valence-corrected chi connectivity index (χ1v) is 14.6. The summed E-state index contributed by atoms with van der Waals surface area (Å²) in [6.07, 6.45) is 12.2. The van der Waals surface area contributed by atoms with Crippen molar-refractivity contribution in [2.24, 2.45) is 11.8 Å². The van der Waals surface area contributed by atoms with Crippen LogP contribution in [0, 0.1) is 11.8 Å². The number of likely N-dealkylation sites (tertiary alicyclic amines) is 1. The van der Waals surface area contributed by atoms with Gasteiger partial charge in [0.1, 0.15) is 0 Å². The van der Waals surface area contributed by atoms with E-state index in [4.69, 9.17) is 0 Å². The first-order valence-electron chi connectivity index (χ1n) is 14.6. The minimum atomic E-state index is -0.0646. The topological polar surface area (TPSA) is 44.4 Å². The SMILES string of the molecule is CNc1cccc2c1CCC[C@]21CNC[C@H]1C(=O)N1CC[C@@H](c2ccccc2)C[C@H]1C1CCCCC1. The predicted octanol–water partition coefficient (Wildman–Crippen LogP) is 5.88. The molecule has 2 aliphatic carbocycles. The Morgan fingerprint density at radius 2 is 1.83 bits per heavy atom. The second-order valence-corrected chi connectivity index (χ2v) is 11.9. The molecule has 1 saturated carbocycles. The monoisotopic (exact) mass is 485 g/mol. The maximum Gasteiger partial charge on any atom is 0.228 e. The van der Waals surface area contributed by atoms with Crippen LogP contribution >= 0.6 is 0 Å². The molecule has 2 N–H and O–H groups in total. The summed E-state index contributed by atoms with van der Waals surface area (Å²) < 4.78 is 0. The van der Waals surface area contributed by atoms with Gasteiger partial charge in [-0.1, -0.05) is 61.7 Å². The van der Waals surface area contributed by atoms with Gasteiger partial charge in [-0.2, -0.15) is 0 Å². The highest BCUT2D eigenvalue weighted by atomic mass is 16.2. The minimum Gasteiger partial charge on any atom is -0.388 e. The zero-order valence-electron chi connectivity index (χ0n) is 22.0. The fourth-order valence-corrected chi connectivity index (χ4v) is 8.36. The molecule has 1 amide bonds. The summed E-state index contributed by atoms with van der Waals surface area (Å²) in [5.74, 6) is 1.72. The molecule has 2 heterocycles. The normalized spacial score (nSPS) is 30.8. The number of piperidine rings is 1. The van der Waals surface area contributed by atoms with Crippen molar-refractivity contribution in [3.63, 3.8) is 0 Å². The summed E-state index contributed by atoms with van der Waals surface area (Å²) in [7, 11) is 2.03. The van der Waals surface area contributed by atoms with Crippen molar-refractivity contribution in [3.05, 3.63) is 65.2 Å². The summed E-state index contributed by atoms with van der Waals surface area (Å²) in [6, 6.07) is 18.2. The second-order valence-electron chi connectivity index (χ2n) is 11.9. The van der Waals surface area contributed by atoms with Gasteiger partial charge in [0.05, 0.1) is 5.92 Å². The molecule has 4 nitrogen and oxygen atoms in total. The molecule has 6 rings (SSSR count). The van der Waals surface area contributed by atoms with E-state index in [0.717, 1.165) is 45.3 Å². The average Bonchev–Trinajstić information content (AvgIpc) is 3.37. The van der Waals surface area contributed by atoms with Crippen molar-refractivity contribution in [1.29, 1.82) is 0 Å². The maximum atomic E-state index is 14.6. The van der Waals surface area contributed by atoms with Crippen molar-refractivity contribution in [2.45, 2.75) is 81.6 Å². The third kappa shape index (κ3) is 4.16. The zero-order chi connectivity index (χ0) is 24.5. The Morgan fingerprint density at radius 3 is 2.64 bits per heavy atom. The summed E-state index contributed by atoms with van der Waals surface area (Å²) in [5.41, 5.74) is 5.51. The van der Waals surface area contributed by atoms with Crippen LogP contribution in [0.4, 0.5) is 5.69 Å². The van der Waals surface area contributed by atoms with Crippen molar-refractivity contribution in [2.75, 3.05) is 32.0 Å². The Morgan fingerprint density at radius 1 is 1.00 bits per heavy atom. The lowest BCUT2D eigenvalue weighted by Crippen LogP contribution is -2.55. The number of nitrogens with one attached hydrogen (secondary N) is 2. The highest BCUT2D eigenvalue weighted by Crippen LogP contribution is 2.48. The van der Waals surface area contributed by atoms with Gasteiger partial charge in [0.2, 0.25) is 5.91 Å². The van der Waals surface area contributed by atoms with Gasteiger partial charge in [0, 0.05) is 43.8 Å². The molecule has 2 aromatic carbocycles. The number of hydrogen-bond donors (Lipinski definition) is 2. The number of benzene rings is 2. The number of anilines is 1. The lowest BCUT2D eigenvalue weighted by atomic mass is 9.63. The molecule has 36 heavy (non-hydrogen) atoms. The third-order valence-electron chi connectivity index (χ3n) is 10.2. The molecule has 4 heteroatoms. The molecule has 0 unspecified atom stereocenters. The molecule has 2 aromatic rings. The number of hydrogen-bond acceptors (Lipinski definition) is 3. The lowest BCUT2D eigenvalue weighted by Gasteiger charge is -2.48. The Labute approximate surface area is 217 Å². The molecule has 2 aliphatic heterocycles. The Bertz CT molecular complexity index is 1060. The van der Waals surface area contributed by atoms with E-state index in [1.165, 1.54) is 60.9 Å². The molecular weight excluding hydrogens is 442 g/mol. The number of rotatable bonds is 4. The van der Waals surface area contributed by atoms with E-state index in [1.54, 1.807) is 0 Å². The first-order chi connectivity index (χ1) is 17.7. The van der Waals surface area contributed by atoms with Crippen molar-refractivity contribution in [1.82, 2.24) is 10.2 Å². The van der Waals surface area contributed by atoms with Crippen LogP contribution in [0.25, 0.3) is 0 Å². The van der Waals surface area contributed by atoms with Gasteiger partial charge in [0.15, 0.2) is 0 Å². The van der Waals surface area contributed by atoms with Crippen LogP contribution in [0.5, 0.6) is 0 Å². The number of nitrogens with zero attached hydrogens (tertiary/aromatic N) is 1. The number of carbonyl (C=O) groups excluding carboxylic acids is 1. The Kier molecular flexibility index (Phi) is 6.81.